The largest absolute Gasteiger partial charge is 0.478 e. The summed E-state index contributed by atoms with van der Waals surface area (Å²) in [4.78, 5) is 17.5. The van der Waals surface area contributed by atoms with Crippen molar-refractivity contribution in [3.05, 3.63) is 89.2 Å². The number of aromatic amines is 1. The van der Waals surface area contributed by atoms with Crippen LogP contribution in [0.3, 0.4) is 0 Å². The number of rotatable bonds is 4. The van der Waals surface area contributed by atoms with Crippen molar-refractivity contribution in [3.63, 3.8) is 0 Å². The fourth-order valence-corrected chi connectivity index (χ4v) is 3.30. The third-order valence-electron chi connectivity index (χ3n) is 4.70. The Bertz CT molecular complexity index is 1180. The van der Waals surface area contributed by atoms with Gasteiger partial charge in [-0.3, -0.25) is 0 Å². The molecule has 0 aliphatic carbocycles. The van der Waals surface area contributed by atoms with Crippen molar-refractivity contribution < 1.29 is 23.1 Å². The summed E-state index contributed by atoms with van der Waals surface area (Å²) in [6.45, 7) is 0. The highest BCUT2D eigenvalue weighted by Crippen LogP contribution is 2.31. The quantitative estimate of drug-likeness (QED) is 0.476. The summed E-state index contributed by atoms with van der Waals surface area (Å²) in [6.07, 6.45) is -4.49. The van der Waals surface area contributed by atoms with Crippen LogP contribution in [-0.4, -0.2) is 21.0 Å². The summed E-state index contributed by atoms with van der Waals surface area (Å²) in [5.74, 6) is -2.35. The van der Waals surface area contributed by atoms with Crippen LogP contribution in [0, 0.1) is 0 Å². The van der Waals surface area contributed by atoms with Crippen molar-refractivity contribution in [1.29, 1.82) is 0 Å². The van der Waals surface area contributed by atoms with E-state index >= 15 is 0 Å². The normalized spacial score (nSPS) is 11.7. The molecular weight excluding hydrogens is 381 g/mol. The molecule has 0 bridgehead atoms. The van der Waals surface area contributed by atoms with Gasteiger partial charge in [0.05, 0.1) is 16.6 Å². The lowest BCUT2D eigenvalue weighted by Crippen LogP contribution is -2.07. The van der Waals surface area contributed by atoms with Crippen LogP contribution in [0.5, 0.6) is 0 Å². The Balaban J connectivity index is 1.75. The van der Waals surface area contributed by atoms with E-state index in [9.17, 15) is 23.1 Å². The highest BCUT2D eigenvalue weighted by molar-refractivity contribution is 5.96. The van der Waals surface area contributed by atoms with Gasteiger partial charge in [-0.2, -0.15) is 13.2 Å². The number of carboxylic acid groups (broad SMARTS) is 1. The Morgan fingerprint density at radius 3 is 2.21 bits per heavy atom. The Morgan fingerprint density at radius 2 is 1.59 bits per heavy atom. The molecule has 0 amide bonds. The van der Waals surface area contributed by atoms with Gasteiger partial charge in [-0.25, -0.2) is 9.78 Å². The Labute approximate surface area is 163 Å². The third-order valence-corrected chi connectivity index (χ3v) is 4.70. The van der Waals surface area contributed by atoms with Crippen LogP contribution < -0.4 is 0 Å². The molecule has 4 nitrogen and oxygen atoms in total. The zero-order valence-corrected chi connectivity index (χ0v) is 15.0. The molecule has 0 aliphatic rings. The molecule has 3 aromatic carbocycles. The maximum atomic E-state index is 13.0. The van der Waals surface area contributed by atoms with Crippen molar-refractivity contribution in [2.24, 2.45) is 0 Å². The SMILES string of the molecule is O=C(O)c1ccc2[nH]c(C(F)(F)F)nc2c1Cc1ccc(-c2ccccc2)cc1. The van der Waals surface area contributed by atoms with Gasteiger partial charge in [0, 0.05) is 6.42 Å². The number of fused-ring (bicyclic) bond motifs is 1. The maximum Gasteiger partial charge on any atom is 0.449 e. The average molecular weight is 396 g/mol. The monoisotopic (exact) mass is 396 g/mol. The minimum absolute atomic E-state index is 0.0179. The lowest BCUT2D eigenvalue weighted by molar-refractivity contribution is -0.144. The molecule has 0 unspecified atom stereocenters. The van der Waals surface area contributed by atoms with E-state index in [1.54, 1.807) is 0 Å². The summed E-state index contributed by atoms with van der Waals surface area (Å²) in [7, 11) is 0. The second kappa shape index (κ2) is 7.09. The predicted molar refractivity (Wildman–Crippen MR) is 103 cm³/mol. The molecule has 4 rings (SSSR count). The van der Waals surface area contributed by atoms with E-state index in [1.165, 1.54) is 12.1 Å². The van der Waals surface area contributed by atoms with E-state index in [0.717, 1.165) is 16.7 Å². The van der Waals surface area contributed by atoms with Crippen molar-refractivity contribution in [2.45, 2.75) is 12.6 Å². The van der Waals surface area contributed by atoms with E-state index in [0.29, 0.717) is 0 Å². The maximum absolute atomic E-state index is 13.0. The molecule has 2 N–H and O–H groups in total. The van der Waals surface area contributed by atoms with Gasteiger partial charge in [0.25, 0.3) is 0 Å². The molecular formula is C22H15F3N2O2. The van der Waals surface area contributed by atoms with Crippen LogP contribution in [0.15, 0.2) is 66.7 Å². The van der Waals surface area contributed by atoms with E-state index in [1.807, 2.05) is 54.6 Å². The van der Waals surface area contributed by atoms with Crippen LogP contribution in [0.1, 0.15) is 27.3 Å². The van der Waals surface area contributed by atoms with Gasteiger partial charge in [-0.1, -0.05) is 54.6 Å². The number of H-pyrrole nitrogens is 1. The Kier molecular flexibility index (Phi) is 4.58. The standard InChI is InChI=1S/C22H15F3N2O2/c23-22(24,25)21-26-18-11-10-16(20(28)29)17(19(18)27-21)12-13-6-8-15(9-7-13)14-4-2-1-3-5-14/h1-11H,12H2,(H,26,27)(H,28,29). The fraction of sp³-hybridized carbons (Fsp3) is 0.0909. The molecule has 4 aromatic rings. The molecule has 0 spiro atoms. The number of hydrogen-bond acceptors (Lipinski definition) is 2. The molecule has 1 heterocycles. The summed E-state index contributed by atoms with van der Waals surface area (Å²) >= 11 is 0. The first-order valence-corrected chi connectivity index (χ1v) is 8.79. The highest BCUT2D eigenvalue weighted by Gasteiger charge is 2.35. The van der Waals surface area contributed by atoms with Gasteiger partial charge in [-0.15, -0.1) is 0 Å². The number of hydrogen-bond donors (Lipinski definition) is 2. The summed E-state index contributed by atoms with van der Waals surface area (Å²) < 4.78 is 39.1. The molecule has 0 aliphatic heterocycles. The fourth-order valence-electron chi connectivity index (χ4n) is 3.30. The minimum atomic E-state index is -4.64. The molecule has 0 atom stereocenters. The number of halogens is 3. The Hall–Kier alpha value is -3.61. The number of aromatic nitrogens is 2. The third kappa shape index (κ3) is 3.71. The number of benzene rings is 3. The van der Waals surface area contributed by atoms with Gasteiger partial charge >= 0.3 is 12.1 Å². The van der Waals surface area contributed by atoms with Gasteiger partial charge in [0.1, 0.15) is 0 Å². The van der Waals surface area contributed by atoms with Crippen molar-refractivity contribution >= 4 is 17.0 Å². The predicted octanol–water partition coefficient (Wildman–Crippen LogP) is 5.54. The van der Waals surface area contributed by atoms with Crippen LogP contribution in [0.2, 0.25) is 0 Å². The average Bonchev–Trinajstić information content (AvgIpc) is 3.15. The van der Waals surface area contributed by atoms with Crippen LogP contribution in [-0.2, 0) is 12.6 Å². The second-order valence-corrected chi connectivity index (χ2v) is 6.62. The minimum Gasteiger partial charge on any atom is -0.478 e. The molecule has 146 valence electrons. The molecule has 29 heavy (non-hydrogen) atoms. The molecule has 0 radical (unpaired) electrons. The lowest BCUT2D eigenvalue weighted by Gasteiger charge is -2.09. The van der Waals surface area contributed by atoms with Gasteiger partial charge in [0.2, 0.25) is 5.82 Å². The first-order chi connectivity index (χ1) is 13.8. The van der Waals surface area contributed by atoms with Crippen molar-refractivity contribution in [3.8, 4) is 11.1 Å². The van der Waals surface area contributed by atoms with E-state index in [4.69, 9.17) is 0 Å². The molecule has 0 fully saturated rings. The zero-order valence-electron chi connectivity index (χ0n) is 15.0. The topological polar surface area (TPSA) is 66.0 Å². The van der Waals surface area contributed by atoms with E-state index < -0.39 is 18.0 Å². The summed E-state index contributed by atoms with van der Waals surface area (Å²) in [6, 6.07) is 19.8. The van der Waals surface area contributed by atoms with Crippen molar-refractivity contribution in [1.82, 2.24) is 9.97 Å². The number of nitrogens with one attached hydrogen (secondary N) is 1. The number of aromatic carboxylic acids is 1. The molecule has 0 saturated carbocycles. The van der Waals surface area contributed by atoms with Crippen LogP contribution in [0.4, 0.5) is 13.2 Å². The number of imidazole rings is 1. The van der Waals surface area contributed by atoms with Crippen molar-refractivity contribution in [2.75, 3.05) is 0 Å². The summed E-state index contributed by atoms with van der Waals surface area (Å²) in [5, 5.41) is 9.50. The first kappa shape index (κ1) is 18.7. The molecule has 1 aromatic heterocycles. The highest BCUT2D eigenvalue weighted by atomic mass is 19.4. The lowest BCUT2D eigenvalue weighted by atomic mass is 9.96. The van der Waals surface area contributed by atoms with E-state index in [2.05, 4.69) is 9.97 Å². The van der Waals surface area contributed by atoms with Gasteiger partial charge in [-0.05, 0) is 34.4 Å². The van der Waals surface area contributed by atoms with Gasteiger partial charge in [0.15, 0.2) is 0 Å². The zero-order chi connectivity index (χ0) is 20.6. The number of carbonyl (C=O) groups is 1. The summed E-state index contributed by atoms with van der Waals surface area (Å²) in [5.41, 5.74) is 3.15. The molecule has 7 heteroatoms. The second-order valence-electron chi connectivity index (χ2n) is 6.62. The smallest absolute Gasteiger partial charge is 0.449 e. The number of carboxylic acids is 1. The molecule has 0 saturated heterocycles. The van der Waals surface area contributed by atoms with E-state index in [-0.39, 0.29) is 28.6 Å². The number of alkyl halides is 3. The first-order valence-electron chi connectivity index (χ1n) is 8.79. The van der Waals surface area contributed by atoms with Crippen LogP contribution in [0.25, 0.3) is 22.2 Å². The Morgan fingerprint density at radius 1 is 0.931 bits per heavy atom. The van der Waals surface area contributed by atoms with Gasteiger partial charge < -0.3 is 10.1 Å². The number of nitrogens with zero attached hydrogens (tertiary/aromatic N) is 1. The van der Waals surface area contributed by atoms with Crippen LogP contribution >= 0.6 is 0 Å².